The van der Waals surface area contributed by atoms with E-state index in [-0.39, 0.29) is 20.8 Å². The van der Waals surface area contributed by atoms with Crippen LogP contribution < -0.4 is 0 Å². The number of benzene rings is 3. The highest BCUT2D eigenvalue weighted by molar-refractivity contribution is 9.10. The zero-order valence-corrected chi connectivity index (χ0v) is 18.7. The summed E-state index contributed by atoms with van der Waals surface area (Å²) in [5, 5.41) is 0.373. The van der Waals surface area contributed by atoms with Crippen molar-refractivity contribution in [2.75, 3.05) is 0 Å². The van der Waals surface area contributed by atoms with Gasteiger partial charge in [-0.05, 0) is 54.1 Å². The van der Waals surface area contributed by atoms with Gasteiger partial charge in [-0.2, -0.15) is 0 Å². The molecule has 0 atom stereocenters. The van der Waals surface area contributed by atoms with Gasteiger partial charge >= 0.3 is 0 Å². The van der Waals surface area contributed by atoms with Gasteiger partial charge in [-0.25, -0.2) is 17.4 Å². The lowest BCUT2D eigenvalue weighted by Gasteiger charge is -2.11. The molecule has 0 amide bonds. The summed E-state index contributed by atoms with van der Waals surface area (Å²) in [6.07, 6.45) is 3.47. The Bertz CT molecular complexity index is 1360. The number of fused-ring (bicyclic) bond motifs is 1. The summed E-state index contributed by atoms with van der Waals surface area (Å²) in [5.74, 6) is 0.266. The van der Waals surface area contributed by atoms with Crippen LogP contribution in [0.5, 0.6) is 0 Å². The average Bonchev–Trinajstić information content (AvgIpc) is 3.07. The van der Waals surface area contributed by atoms with Gasteiger partial charge in [0, 0.05) is 9.50 Å². The van der Waals surface area contributed by atoms with E-state index in [2.05, 4.69) is 20.9 Å². The molecule has 146 valence electrons. The van der Waals surface area contributed by atoms with Crippen molar-refractivity contribution in [1.82, 2.24) is 8.96 Å². The zero-order chi connectivity index (χ0) is 20.6. The first-order chi connectivity index (χ1) is 13.9. The van der Waals surface area contributed by atoms with Crippen LogP contribution in [0.3, 0.4) is 0 Å². The molecule has 8 heteroatoms. The lowest BCUT2D eigenvalue weighted by Crippen LogP contribution is -2.15. The Morgan fingerprint density at radius 2 is 1.72 bits per heavy atom. The third-order valence-corrected chi connectivity index (χ3v) is 7.16. The highest BCUT2D eigenvalue weighted by Gasteiger charge is 2.25. The van der Waals surface area contributed by atoms with E-state index in [0.29, 0.717) is 11.0 Å². The topological polar surface area (TPSA) is 52.0 Å². The summed E-state index contributed by atoms with van der Waals surface area (Å²) in [6.45, 7) is 0. The minimum atomic E-state index is -4.04. The van der Waals surface area contributed by atoms with Crippen LogP contribution >= 0.6 is 39.1 Å². The maximum Gasteiger partial charge on any atom is 0.271 e. The molecule has 29 heavy (non-hydrogen) atoms. The molecule has 0 radical (unpaired) electrons. The summed E-state index contributed by atoms with van der Waals surface area (Å²) >= 11 is 15.7. The van der Waals surface area contributed by atoms with E-state index in [1.54, 1.807) is 42.5 Å². The van der Waals surface area contributed by atoms with E-state index in [1.807, 2.05) is 24.3 Å². The van der Waals surface area contributed by atoms with Crippen molar-refractivity contribution >= 4 is 72.3 Å². The van der Waals surface area contributed by atoms with Gasteiger partial charge in [0.1, 0.15) is 10.7 Å². The number of aromatic nitrogens is 2. The lowest BCUT2D eigenvalue weighted by molar-refractivity contribution is 0.588. The second kappa shape index (κ2) is 7.95. The first-order valence-corrected chi connectivity index (χ1v) is 11.5. The van der Waals surface area contributed by atoms with Crippen LogP contribution in [0.15, 0.2) is 76.1 Å². The Kier molecular flexibility index (Phi) is 5.53. The van der Waals surface area contributed by atoms with Gasteiger partial charge in [0.25, 0.3) is 10.0 Å². The highest BCUT2D eigenvalue weighted by atomic mass is 79.9. The molecule has 0 unspecified atom stereocenters. The second-order valence-corrected chi connectivity index (χ2v) is 9.71. The molecule has 3 aromatic carbocycles. The lowest BCUT2D eigenvalue weighted by atomic mass is 10.2. The van der Waals surface area contributed by atoms with E-state index in [4.69, 9.17) is 23.2 Å². The van der Waals surface area contributed by atoms with Crippen LogP contribution in [0.4, 0.5) is 0 Å². The number of hydrogen-bond acceptors (Lipinski definition) is 3. The van der Waals surface area contributed by atoms with Crippen molar-refractivity contribution in [1.29, 1.82) is 0 Å². The molecule has 0 spiro atoms. The number of rotatable bonds is 4. The molecule has 0 fully saturated rings. The fraction of sp³-hybridized carbons (Fsp3) is 0. The van der Waals surface area contributed by atoms with Crippen LogP contribution in [-0.2, 0) is 10.0 Å². The Hall–Kier alpha value is -2.12. The number of imidazole rings is 1. The third kappa shape index (κ3) is 3.98. The molecule has 0 saturated heterocycles. The van der Waals surface area contributed by atoms with Gasteiger partial charge in [0.15, 0.2) is 0 Å². The van der Waals surface area contributed by atoms with Gasteiger partial charge in [-0.3, -0.25) is 0 Å². The maximum absolute atomic E-state index is 13.5. The SMILES string of the molecule is O=S(=O)(c1cc(Cl)ccc1Cl)n1c(/C=C/c2cccc(Br)c2)nc2ccccc21. The summed E-state index contributed by atoms with van der Waals surface area (Å²) < 4.78 is 29.1. The molecular weight excluding hydrogens is 495 g/mol. The predicted molar refractivity (Wildman–Crippen MR) is 122 cm³/mol. The molecule has 0 bridgehead atoms. The molecular formula is C21H13BrCl2N2O2S. The van der Waals surface area contributed by atoms with Crippen molar-refractivity contribution in [3.63, 3.8) is 0 Å². The minimum absolute atomic E-state index is 0.0769. The van der Waals surface area contributed by atoms with Crippen molar-refractivity contribution in [2.24, 2.45) is 0 Å². The van der Waals surface area contributed by atoms with Crippen LogP contribution in [-0.4, -0.2) is 17.4 Å². The first-order valence-electron chi connectivity index (χ1n) is 8.48. The summed E-state index contributed by atoms with van der Waals surface area (Å²) in [4.78, 5) is 4.43. The van der Waals surface area contributed by atoms with Gasteiger partial charge in [0.05, 0.1) is 16.1 Å². The molecule has 4 nitrogen and oxygen atoms in total. The van der Waals surface area contributed by atoms with Crippen LogP contribution in [0, 0.1) is 0 Å². The second-order valence-electron chi connectivity index (χ2n) is 6.19. The monoisotopic (exact) mass is 506 g/mol. The number of hydrogen-bond donors (Lipinski definition) is 0. The highest BCUT2D eigenvalue weighted by Crippen LogP contribution is 2.30. The Balaban J connectivity index is 1.94. The van der Waals surface area contributed by atoms with Crippen molar-refractivity contribution in [3.05, 3.63) is 92.6 Å². The largest absolute Gasteiger partial charge is 0.271 e. The number of nitrogens with zero attached hydrogens (tertiary/aromatic N) is 2. The van der Waals surface area contributed by atoms with Gasteiger partial charge in [-0.15, -0.1) is 0 Å². The van der Waals surface area contributed by atoms with E-state index in [0.717, 1.165) is 10.0 Å². The summed E-state index contributed by atoms with van der Waals surface area (Å²) in [7, 11) is -4.04. The summed E-state index contributed by atoms with van der Waals surface area (Å²) in [6, 6.07) is 19.0. The number of para-hydroxylation sites is 2. The standard InChI is InChI=1S/C21H13BrCl2N2O2S/c22-15-5-3-4-14(12-15)8-11-21-25-18-6-1-2-7-19(18)26(21)29(27,28)20-13-16(23)9-10-17(20)24/h1-13H/b11-8+. The predicted octanol–water partition coefficient (Wildman–Crippen LogP) is 6.51. The van der Waals surface area contributed by atoms with Crippen LogP contribution in [0.2, 0.25) is 10.0 Å². The molecule has 1 aromatic heterocycles. The molecule has 0 aliphatic rings. The third-order valence-electron chi connectivity index (χ3n) is 4.23. The molecule has 0 N–H and O–H groups in total. The fourth-order valence-corrected chi connectivity index (χ4v) is 5.55. The minimum Gasteiger partial charge on any atom is -0.228 e. The van der Waals surface area contributed by atoms with E-state index in [9.17, 15) is 8.42 Å². The average molecular weight is 508 g/mol. The fourth-order valence-electron chi connectivity index (χ4n) is 2.93. The van der Waals surface area contributed by atoms with E-state index >= 15 is 0 Å². The Morgan fingerprint density at radius 3 is 2.52 bits per heavy atom. The van der Waals surface area contributed by atoms with Crippen LogP contribution in [0.1, 0.15) is 11.4 Å². The number of halogens is 3. The summed E-state index contributed by atoms with van der Waals surface area (Å²) in [5.41, 5.74) is 1.91. The molecule has 4 rings (SSSR count). The molecule has 4 aromatic rings. The molecule has 0 saturated carbocycles. The van der Waals surface area contributed by atoms with Gasteiger partial charge in [-0.1, -0.05) is 69.5 Å². The van der Waals surface area contributed by atoms with E-state index < -0.39 is 10.0 Å². The smallest absolute Gasteiger partial charge is 0.228 e. The molecule has 0 aliphatic heterocycles. The van der Waals surface area contributed by atoms with Crippen LogP contribution in [0.25, 0.3) is 23.2 Å². The first kappa shape index (κ1) is 20.2. The zero-order valence-electron chi connectivity index (χ0n) is 14.8. The molecule has 0 aliphatic carbocycles. The Morgan fingerprint density at radius 1 is 0.931 bits per heavy atom. The van der Waals surface area contributed by atoms with Crippen molar-refractivity contribution < 1.29 is 8.42 Å². The normalized spacial score (nSPS) is 12.1. The Labute approximate surface area is 186 Å². The maximum atomic E-state index is 13.5. The quantitative estimate of drug-likeness (QED) is 0.316. The van der Waals surface area contributed by atoms with Crippen molar-refractivity contribution in [3.8, 4) is 0 Å². The van der Waals surface area contributed by atoms with Gasteiger partial charge < -0.3 is 0 Å². The van der Waals surface area contributed by atoms with E-state index in [1.165, 1.54) is 16.1 Å². The molecule has 1 heterocycles. The van der Waals surface area contributed by atoms with Crippen molar-refractivity contribution in [2.45, 2.75) is 4.90 Å². The van der Waals surface area contributed by atoms with Gasteiger partial charge in [0.2, 0.25) is 0 Å².